The predicted octanol–water partition coefficient (Wildman–Crippen LogP) is 2.09. The minimum Gasteiger partial charge on any atom is -0.309 e. The normalized spacial score (nSPS) is 21.1. The van der Waals surface area contributed by atoms with Crippen molar-refractivity contribution in [3.8, 4) is 0 Å². The van der Waals surface area contributed by atoms with Crippen LogP contribution in [0, 0.1) is 6.92 Å². The molecule has 3 rings (SSSR count). The Morgan fingerprint density at radius 3 is 2.68 bits per heavy atom. The molecular weight excluding hydrogens is 280 g/mol. The van der Waals surface area contributed by atoms with Crippen molar-refractivity contribution in [2.45, 2.75) is 50.1 Å². The molecule has 2 heterocycles. The fourth-order valence-corrected chi connectivity index (χ4v) is 5.77. The van der Waals surface area contributed by atoms with Crippen LogP contribution in [-0.4, -0.2) is 31.9 Å². The van der Waals surface area contributed by atoms with E-state index in [2.05, 4.69) is 5.32 Å². The maximum absolute atomic E-state index is 12.7. The van der Waals surface area contributed by atoms with E-state index in [0.717, 1.165) is 23.3 Å². The number of thiophene rings is 1. The van der Waals surface area contributed by atoms with Crippen molar-refractivity contribution in [2.24, 2.45) is 0 Å². The van der Waals surface area contributed by atoms with Crippen LogP contribution in [0.4, 0.5) is 0 Å². The first kappa shape index (κ1) is 13.5. The lowest BCUT2D eigenvalue weighted by Gasteiger charge is -2.17. The van der Waals surface area contributed by atoms with E-state index >= 15 is 0 Å². The van der Waals surface area contributed by atoms with Crippen molar-refractivity contribution in [3.05, 3.63) is 15.8 Å². The second-order valence-corrected chi connectivity index (χ2v) is 8.28. The average Bonchev–Trinajstić information content (AvgIpc) is 2.89. The molecule has 19 heavy (non-hydrogen) atoms. The van der Waals surface area contributed by atoms with Gasteiger partial charge >= 0.3 is 0 Å². The summed E-state index contributed by atoms with van der Waals surface area (Å²) in [5, 5.41) is 5.38. The largest absolute Gasteiger partial charge is 0.309 e. The Labute approximate surface area is 118 Å². The van der Waals surface area contributed by atoms with Crippen LogP contribution in [-0.2, 0) is 16.6 Å². The van der Waals surface area contributed by atoms with Crippen molar-refractivity contribution >= 4 is 21.4 Å². The molecule has 1 aromatic heterocycles. The van der Waals surface area contributed by atoms with Gasteiger partial charge in [-0.25, -0.2) is 8.42 Å². The first-order chi connectivity index (χ1) is 9.09. The molecule has 0 amide bonds. The smallest absolute Gasteiger partial charge is 0.244 e. The lowest BCUT2D eigenvalue weighted by Crippen LogP contribution is -2.29. The Morgan fingerprint density at radius 2 is 2.05 bits per heavy atom. The summed E-state index contributed by atoms with van der Waals surface area (Å²) in [4.78, 5) is 1.53. The van der Waals surface area contributed by atoms with Gasteiger partial charge < -0.3 is 5.32 Å². The number of rotatable bonds is 5. The Morgan fingerprint density at radius 1 is 1.37 bits per heavy atom. The molecule has 1 aliphatic carbocycles. The van der Waals surface area contributed by atoms with E-state index in [0.29, 0.717) is 30.6 Å². The van der Waals surface area contributed by atoms with Crippen molar-refractivity contribution in [1.29, 1.82) is 0 Å². The van der Waals surface area contributed by atoms with Gasteiger partial charge in [-0.05, 0) is 43.6 Å². The van der Waals surface area contributed by atoms with Gasteiger partial charge in [0.15, 0.2) is 0 Å². The molecule has 1 aromatic rings. The predicted molar refractivity (Wildman–Crippen MR) is 76.9 cm³/mol. The summed E-state index contributed by atoms with van der Waals surface area (Å²) in [5.41, 5.74) is 0.893. The zero-order chi connectivity index (χ0) is 13.5. The molecule has 1 aliphatic heterocycles. The molecule has 0 aromatic carbocycles. The van der Waals surface area contributed by atoms with Crippen molar-refractivity contribution < 1.29 is 8.42 Å². The summed E-state index contributed by atoms with van der Waals surface area (Å²) in [6, 6.07) is 0.602. The third-order valence-electron chi connectivity index (χ3n) is 3.78. The van der Waals surface area contributed by atoms with Gasteiger partial charge in [-0.1, -0.05) is 0 Å². The molecule has 6 heteroatoms. The van der Waals surface area contributed by atoms with Crippen LogP contribution >= 0.6 is 11.3 Å². The van der Waals surface area contributed by atoms with Gasteiger partial charge in [-0.2, -0.15) is 4.31 Å². The maximum Gasteiger partial charge on any atom is 0.244 e. The summed E-state index contributed by atoms with van der Waals surface area (Å²) in [7, 11) is -3.28. The Bertz CT molecular complexity index is 555. The highest BCUT2D eigenvalue weighted by atomic mass is 32.2. The third kappa shape index (κ3) is 2.72. The van der Waals surface area contributed by atoms with E-state index in [4.69, 9.17) is 0 Å². The molecule has 1 saturated carbocycles. The van der Waals surface area contributed by atoms with E-state index < -0.39 is 10.0 Å². The fraction of sp³-hybridized carbons (Fsp3) is 0.692. The Hall–Kier alpha value is -0.430. The minimum atomic E-state index is -3.28. The molecule has 0 bridgehead atoms. The summed E-state index contributed by atoms with van der Waals surface area (Å²) in [6.07, 6.45) is 4.41. The number of nitrogens with zero attached hydrogens (tertiary/aromatic N) is 1. The van der Waals surface area contributed by atoms with Gasteiger partial charge in [0.05, 0.1) is 0 Å². The van der Waals surface area contributed by atoms with Crippen LogP contribution in [0.1, 0.15) is 36.1 Å². The maximum atomic E-state index is 12.7. The lowest BCUT2D eigenvalue weighted by molar-refractivity contribution is 0.476. The third-order valence-corrected chi connectivity index (χ3v) is 7.14. The molecule has 106 valence electrons. The van der Waals surface area contributed by atoms with Gasteiger partial charge in [-0.15, -0.1) is 11.3 Å². The zero-order valence-electron chi connectivity index (χ0n) is 11.2. The first-order valence-electron chi connectivity index (χ1n) is 6.89. The number of aryl methyl sites for hydroxylation is 1. The Balaban J connectivity index is 1.86. The van der Waals surface area contributed by atoms with E-state index in [-0.39, 0.29) is 0 Å². The molecule has 2 fully saturated rings. The molecule has 0 radical (unpaired) electrons. The summed E-state index contributed by atoms with van der Waals surface area (Å²) in [5.74, 6) is 0. The second kappa shape index (κ2) is 5.16. The van der Waals surface area contributed by atoms with Gasteiger partial charge in [0, 0.05) is 30.6 Å². The summed E-state index contributed by atoms with van der Waals surface area (Å²) < 4.78 is 27.0. The van der Waals surface area contributed by atoms with E-state index in [1.807, 2.05) is 12.3 Å². The van der Waals surface area contributed by atoms with Gasteiger partial charge in [0.2, 0.25) is 10.0 Å². The first-order valence-corrected chi connectivity index (χ1v) is 9.21. The van der Waals surface area contributed by atoms with Crippen LogP contribution in [0.15, 0.2) is 10.3 Å². The molecule has 0 spiro atoms. The van der Waals surface area contributed by atoms with Crippen LogP contribution < -0.4 is 5.32 Å². The van der Waals surface area contributed by atoms with E-state index in [1.54, 1.807) is 15.6 Å². The van der Waals surface area contributed by atoms with E-state index in [1.165, 1.54) is 12.8 Å². The highest BCUT2D eigenvalue weighted by Gasteiger charge is 2.32. The standard InChI is InChI=1S/C13H20N2O2S2/c1-10-9-18-12(8-14-11-4-5-11)13(10)19(16,17)15-6-2-3-7-15/h9,11,14H,2-8H2,1H3. The lowest BCUT2D eigenvalue weighted by atomic mass is 10.3. The van der Waals surface area contributed by atoms with Crippen LogP contribution in [0.2, 0.25) is 0 Å². The van der Waals surface area contributed by atoms with Gasteiger partial charge in [0.1, 0.15) is 4.90 Å². The van der Waals surface area contributed by atoms with Crippen LogP contribution in [0.25, 0.3) is 0 Å². The van der Waals surface area contributed by atoms with Gasteiger partial charge in [0.25, 0.3) is 0 Å². The zero-order valence-corrected chi connectivity index (χ0v) is 12.8. The Kier molecular flexibility index (Phi) is 3.68. The van der Waals surface area contributed by atoms with Crippen LogP contribution in [0.5, 0.6) is 0 Å². The topological polar surface area (TPSA) is 49.4 Å². The summed E-state index contributed by atoms with van der Waals surface area (Å²) >= 11 is 1.56. The molecule has 4 nitrogen and oxygen atoms in total. The number of sulfonamides is 1. The van der Waals surface area contributed by atoms with Gasteiger partial charge in [-0.3, -0.25) is 0 Å². The summed E-state index contributed by atoms with van der Waals surface area (Å²) in [6.45, 7) is 3.94. The molecule has 1 saturated heterocycles. The molecule has 0 unspecified atom stereocenters. The highest BCUT2D eigenvalue weighted by molar-refractivity contribution is 7.89. The number of nitrogens with one attached hydrogen (secondary N) is 1. The van der Waals surface area contributed by atoms with Crippen molar-refractivity contribution in [3.63, 3.8) is 0 Å². The monoisotopic (exact) mass is 300 g/mol. The van der Waals surface area contributed by atoms with Crippen molar-refractivity contribution in [2.75, 3.05) is 13.1 Å². The second-order valence-electron chi connectivity index (χ2n) is 5.44. The quantitative estimate of drug-likeness (QED) is 0.906. The SMILES string of the molecule is Cc1csc(CNC2CC2)c1S(=O)(=O)N1CCCC1. The highest BCUT2D eigenvalue weighted by Crippen LogP contribution is 2.32. The number of hydrogen-bond acceptors (Lipinski definition) is 4. The minimum absolute atomic E-state index is 0.563. The molecule has 0 atom stereocenters. The molecule has 2 aliphatic rings. The molecular formula is C13H20N2O2S2. The number of hydrogen-bond donors (Lipinski definition) is 1. The van der Waals surface area contributed by atoms with Crippen molar-refractivity contribution in [1.82, 2.24) is 9.62 Å². The molecule has 1 N–H and O–H groups in total. The van der Waals surface area contributed by atoms with E-state index in [9.17, 15) is 8.42 Å². The average molecular weight is 300 g/mol. The fourth-order valence-electron chi connectivity index (χ4n) is 2.54. The van der Waals surface area contributed by atoms with Crippen LogP contribution in [0.3, 0.4) is 0 Å².